The summed E-state index contributed by atoms with van der Waals surface area (Å²) >= 11 is 0. The average molecular weight is 309 g/mol. The molecule has 0 atom stereocenters. The van der Waals surface area contributed by atoms with Gasteiger partial charge in [-0.3, -0.25) is 4.79 Å². The zero-order chi connectivity index (χ0) is 16.2. The molecular formula is C18H15NO4. The van der Waals surface area contributed by atoms with Gasteiger partial charge < -0.3 is 13.9 Å². The van der Waals surface area contributed by atoms with Crippen LogP contribution in [0.4, 0.5) is 0 Å². The molecule has 5 heteroatoms. The maximum Gasteiger partial charge on any atom is 0.220 e. The first kappa shape index (κ1) is 14.8. The smallest absolute Gasteiger partial charge is 0.220 e. The maximum absolute atomic E-state index is 11.1. The van der Waals surface area contributed by atoms with E-state index in [1.165, 1.54) is 7.11 Å². The molecule has 0 radical (unpaired) electrons. The molecule has 3 aromatic rings. The molecule has 0 spiro atoms. The summed E-state index contributed by atoms with van der Waals surface area (Å²) in [5.74, 6) is 1.55. The Morgan fingerprint density at radius 3 is 2.39 bits per heavy atom. The fourth-order valence-corrected chi connectivity index (χ4v) is 2.29. The van der Waals surface area contributed by atoms with Crippen LogP contribution in [0.5, 0.6) is 11.5 Å². The lowest BCUT2D eigenvalue weighted by Crippen LogP contribution is -1.95. The Hall–Kier alpha value is -3.08. The Balaban J connectivity index is 1.99. The number of hydrogen-bond donors (Lipinski definition) is 0. The molecular weight excluding hydrogens is 294 g/mol. The van der Waals surface area contributed by atoms with E-state index in [0.717, 1.165) is 22.9 Å². The molecule has 23 heavy (non-hydrogen) atoms. The van der Waals surface area contributed by atoms with Gasteiger partial charge >= 0.3 is 0 Å². The van der Waals surface area contributed by atoms with Crippen LogP contribution < -0.4 is 9.47 Å². The van der Waals surface area contributed by atoms with Gasteiger partial charge in [-0.2, -0.15) is 0 Å². The van der Waals surface area contributed by atoms with Gasteiger partial charge in [-0.1, -0.05) is 12.1 Å². The second-order valence-electron chi connectivity index (χ2n) is 4.81. The van der Waals surface area contributed by atoms with Gasteiger partial charge in [0.15, 0.2) is 11.9 Å². The van der Waals surface area contributed by atoms with Gasteiger partial charge in [-0.25, -0.2) is 4.98 Å². The third kappa shape index (κ3) is 2.94. The normalized spacial score (nSPS) is 11.0. The van der Waals surface area contributed by atoms with Crippen molar-refractivity contribution in [3.05, 3.63) is 53.4 Å². The number of carbonyl (C=O) groups is 1. The maximum atomic E-state index is 11.1. The number of ether oxygens (including phenoxy) is 2. The number of nitrogens with zero attached hydrogens (tertiary/aromatic N) is 1. The van der Waals surface area contributed by atoms with Crippen molar-refractivity contribution in [3.8, 4) is 11.5 Å². The van der Waals surface area contributed by atoms with E-state index < -0.39 is 0 Å². The molecule has 0 aliphatic heterocycles. The largest absolute Gasteiger partial charge is 0.496 e. The number of fused-ring (bicyclic) bond motifs is 1. The minimum absolute atomic E-state index is 0.434. The molecule has 2 aromatic carbocycles. The van der Waals surface area contributed by atoms with E-state index in [-0.39, 0.29) is 0 Å². The topological polar surface area (TPSA) is 61.6 Å². The summed E-state index contributed by atoms with van der Waals surface area (Å²) in [5, 5.41) is 0. The SMILES string of the molecule is COc1cc(/C=C/c2nc3ccccc3o2)c(OC)cc1C=O. The summed E-state index contributed by atoms with van der Waals surface area (Å²) < 4.78 is 16.2. The first-order valence-corrected chi connectivity index (χ1v) is 7.00. The molecule has 3 rings (SSSR count). The first-order valence-electron chi connectivity index (χ1n) is 7.00. The molecule has 0 bridgehead atoms. The van der Waals surface area contributed by atoms with Crippen molar-refractivity contribution in [1.82, 2.24) is 4.98 Å². The molecule has 0 aliphatic rings. The second kappa shape index (κ2) is 6.36. The molecule has 1 heterocycles. The van der Waals surface area contributed by atoms with Crippen molar-refractivity contribution in [3.63, 3.8) is 0 Å². The van der Waals surface area contributed by atoms with Gasteiger partial charge in [0, 0.05) is 11.6 Å². The fourth-order valence-electron chi connectivity index (χ4n) is 2.29. The summed E-state index contributed by atoms with van der Waals surface area (Å²) in [6.07, 6.45) is 4.29. The highest BCUT2D eigenvalue weighted by atomic mass is 16.5. The van der Waals surface area contributed by atoms with E-state index >= 15 is 0 Å². The molecule has 0 fully saturated rings. The van der Waals surface area contributed by atoms with Crippen molar-refractivity contribution < 1.29 is 18.7 Å². The minimum atomic E-state index is 0.434. The van der Waals surface area contributed by atoms with Crippen molar-refractivity contribution in [2.24, 2.45) is 0 Å². The van der Waals surface area contributed by atoms with Gasteiger partial charge in [0.05, 0.1) is 19.8 Å². The van der Waals surface area contributed by atoms with Crippen LogP contribution in [0.1, 0.15) is 21.8 Å². The number of rotatable bonds is 5. The highest BCUT2D eigenvalue weighted by molar-refractivity contribution is 5.83. The Bertz CT molecular complexity index is 847. The lowest BCUT2D eigenvalue weighted by molar-refractivity contribution is 0.112. The predicted octanol–water partition coefficient (Wildman–Crippen LogP) is 3.83. The Labute approximate surface area is 133 Å². The third-order valence-corrected chi connectivity index (χ3v) is 3.42. The molecule has 5 nitrogen and oxygen atoms in total. The molecule has 116 valence electrons. The van der Waals surface area contributed by atoms with Crippen molar-refractivity contribution in [2.45, 2.75) is 0 Å². The number of aldehydes is 1. The van der Waals surface area contributed by atoms with Crippen LogP contribution in [0.2, 0.25) is 0 Å². The first-order chi connectivity index (χ1) is 11.2. The van der Waals surface area contributed by atoms with E-state index in [1.54, 1.807) is 31.4 Å². The lowest BCUT2D eigenvalue weighted by Gasteiger charge is -2.09. The molecule has 0 aliphatic carbocycles. The zero-order valence-corrected chi connectivity index (χ0v) is 12.8. The highest BCUT2D eigenvalue weighted by Crippen LogP contribution is 2.29. The van der Waals surface area contributed by atoms with Crippen LogP contribution in [-0.4, -0.2) is 25.5 Å². The summed E-state index contributed by atoms with van der Waals surface area (Å²) in [6.45, 7) is 0. The van der Waals surface area contributed by atoms with Crippen molar-refractivity contribution >= 4 is 29.5 Å². The minimum Gasteiger partial charge on any atom is -0.496 e. The van der Waals surface area contributed by atoms with E-state index in [0.29, 0.717) is 23.0 Å². The molecule has 0 saturated heterocycles. The number of oxazole rings is 1. The number of para-hydroxylation sites is 2. The van der Waals surface area contributed by atoms with Crippen LogP contribution >= 0.6 is 0 Å². The number of methoxy groups -OCH3 is 2. The van der Waals surface area contributed by atoms with Crippen LogP contribution in [-0.2, 0) is 0 Å². The average Bonchev–Trinajstić information content (AvgIpc) is 3.01. The number of hydrogen-bond acceptors (Lipinski definition) is 5. The van der Waals surface area contributed by atoms with Gasteiger partial charge in [0.2, 0.25) is 5.89 Å². The number of benzene rings is 2. The van der Waals surface area contributed by atoms with Crippen molar-refractivity contribution in [1.29, 1.82) is 0 Å². The third-order valence-electron chi connectivity index (χ3n) is 3.42. The van der Waals surface area contributed by atoms with E-state index in [2.05, 4.69) is 4.98 Å². The number of carbonyl (C=O) groups excluding carboxylic acids is 1. The molecule has 0 N–H and O–H groups in total. The number of aromatic nitrogens is 1. The van der Waals surface area contributed by atoms with Gasteiger partial charge in [-0.15, -0.1) is 0 Å². The van der Waals surface area contributed by atoms with Gasteiger partial charge in [0.25, 0.3) is 0 Å². The van der Waals surface area contributed by atoms with Gasteiger partial charge in [-0.05, 0) is 30.3 Å². The van der Waals surface area contributed by atoms with E-state index in [1.807, 2.05) is 24.3 Å². The van der Waals surface area contributed by atoms with E-state index in [9.17, 15) is 4.79 Å². The summed E-state index contributed by atoms with van der Waals surface area (Å²) in [6, 6.07) is 10.9. The van der Waals surface area contributed by atoms with Crippen LogP contribution in [0.15, 0.2) is 40.8 Å². The predicted molar refractivity (Wildman–Crippen MR) is 87.9 cm³/mol. The molecule has 0 unspecified atom stereocenters. The Morgan fingerprint density at radius 2 is 1.70 bits per heavy atom. The van der Waals surface area contributed by atoms with Crippen LogP contribution in [0, 0.1) is 0 Å². The van der Waals surface area contributed by atoms with Crippen LogP contribution in [0.3, 0.4) is 0 Å². The van der Waals surface area contributed by atoms with Crippen molar-refractivity contribution in [2.75, 3.05) is 14.2 Å². The summed E-state index contributed by atoms with van der Waals surface area (Å²) in [5.41, 5.74) is 2.72. The molecule has 0 saturated carbocycles. The Morgan fingerprint density at radius 1 is 1.00 bits per heavy atom. The lowest BCUT2D eigenvalue weighted by atomic mass is 10.1. The second-order valence-corrected chi connectivity index (χ2v) is 4.81. The van der Waals surface area contributed by atoms with Gasteiger partial charge in [0.1, 0.15) is 17.0 Å². The summed E-state index contributed by atoms with van der Waals surface area (Å²) in [7, 11) is 3.07. The summed E-state index contributed by atoms with van der Waals surface area (Å²) in [4.78, 5) is 15.4. The zero-order valence-electron chi connectivity index (χ0n) is 12.8. The fraction of sp³-hybridized carbons (Fsp3) is 0.111. The highest BCUT2D eigenvalue weighted by Gasteiger charge is 2.09. The van der Waals surface area contributed by atoms with Crippen LogP contribution in [0.25, 0.3) is 23.3 Å². The quantitative estimate of drug-likeness (QED) is 0.670. The monoisotopic (exact) mass is 309 g/mol. The standard InChI is InChI=1S/C18H15NO4/c1-21-16-10-13(11-20)17(22-2)9-12(16)7-8-18-19-14-5-3-4-6-15(14)23-18/h3-11H,1-2H3/b8-7+. The van der Waals surface area contributed by atoms with E-state index in [4.69, 9.17) is 13.9 Å². The molecule has 0 amide bonds. The Kier molecular flexibility index (Phi) is 4.10. The molecule has 1 aromatic heterocycles.